The number of carbonyl (C=O) groups is 1. The third-order valence-corrected chi connectivity index (χ3v) is 2.90. The van der Waals surface area contributed by atoms with Gasteiger partial charge in [0, 0.05) is 17.1 Å². The normalized spacial score (nSPS) is 10.7. The fourth-order valence-corrected chi connectivity index (χ4v) is 1.95. The monoisotopic (exact) mass is 273 g/mol. The standard InChI is InChI=1S/C14H9F2N3O/c15-12-6-5-11(13(16)19-12)18-14(20)9-7-17-10-4-2-1-3-8(9)10/h1-7,17H,(H,18,20). The van der Waals surface area contributed by atoms with E-state index < -0.39 is 17.8 Å². The molecule has 20 heavy (non-hydrogen) atoms. The summed E-state index contributed by atoms with van der Waals surface area (Å²) in [6.07, 6.45) is 1.54. The summed E-state index contributed by atoms with van der Waals surface area (Å²) in [7, 11) is 0. The van der Waals surface area contributed by atoms with Gasteiger partial charge in [-0.05, 0) is 18.2 Å². The Bertz CT molecular complexity index is 798. The minimum absolute atomic E-state index is 0.165. The molecule has 0 saturated carbocycles. The number of rotatable bonds is 2. The summed E-state index contributed by atoms with van der Waals surface area (Å²) in [5.74, 6) is -2.49. The molecular weight excluding hydrogens is 264 g/mol. The fourth-order valence-electron chi connectivity index (χ4n) is 1.95. The average molecular weight is 273 g/mol. The molecule has 0 radical (unpaired) electrons. The van der Waals surface area contributed by atoms with Crippen LogP contribution < -0.4 is 5.32 Å². The van der Waals surface area contributed by atoms with Crippen LogP contribution in [0.1, 0.15) is 10.4 Å². The topological polar surface area (TPSA) is 57.8 Å². The van der Waals surface area contributed by atoms with Gasteiger partial charge in [0.2, 0.25) is 11.9 Å². The number of hydrogen-bond acceptors (Lipinski definition) is 2. The summed E-state index contributed by atoms with van der Waals surface area (Å²) in [4.78, 5) is 18.1. The summed E-state index contributed by atoms with van der Waals surface area (Å²) in [6.45, 7) is 0. The highest BCUT2D eigenvalue weighted by Crippen LogP contribution is 2.20. The molecule has 0 aliphatic carbocycles. The Morgan fingerprint density at radius 1 is 1.15 bits per heavy atom. The first-order chi connectivity index (χ1) is 9.65. The van der Waals surface area contributed by atoms with Crippen LogP contribution in [0, 0.1) is 11.9 Å². The highest BCUT2D eigenvalue weighted by Gasteiger charge is 2.14. The minimum Gasteiger partial charge on any atom is -0.360 e. The van der Waals surface area contributed by atoms with E-state index in [0.29, 0.717) is 5.56 Å². The van der Waals surface area contributed by atoms with Crippen LogP contribution in [-0.2, 0) is 0 Å². The van der Waals surface area contributed by atoms with E-state index in [1.807, 2.05) is 12.1 Å². The maximum absolute atomic E-state index is 13.4. The van der Waals surface area contributed by atoms with E-state index in [1.54, 1.807) is 12.1 Å². The summed E-state index contributed by atoms with van der Waals surface area (Å²) >= 11 is 0. The largest absolute Gasteiger partial charge is 0.360 e. The van der Waals surface area contributed by atoms with Crippen LogP contribution in [0.25, 0.3) is 10.9 Å². The number of nitrogens with zero attached hydrogens (tertiary/aromatic N) is 1. The van der Waals surface area contributed by atoms with Crippen molar-refractivity contribution in [3.05, 3.63) is 60.1 Å². The minimum atomic E-state index is -1.06. The molecule has 0 aliphatic rings. The van der Waals surface area contributed by atoms with Gasteiger partial charge in [-0.3, -0.25) is 4.79 Å². The lowest BCUT2D eigenvalue weighted by Gasteiger charge is -2.04. The SMILES string of the molecule is O=C(Nc1ccc(F)nc1F)c1c[nH]c2ccccc12. The lowest BCUT2D eigenvalue weighted by molar-refractivity contribution is 0.102. The molecule has 0 bridgehead atoms. The van der Waals surface area contributed by atoms with E-state index in [0.717, 1.165) is 23.0 Å². The number of fused-ring (bicyclic) bond motifs is 1. The summed E-state index contributed by atoms with van der Waals surface area (Å²) < 4.78 is 26.1. The van der Waals surface area contributed by atoms with E-state index in [-0.39, 0.29) is 5.69 Å². The molecule has 100 valence electrons. The van der Waals surface area contributed by atoms with Crippen molar-refractivity contribution < 1.29 is 13.6 Å². The number of aromatic nitrogens is 2. The third-order valence-electron chi connectivity index (χ3n) is 2.90. The molecule has 1 amide bonds. The molecule has 0 saturated heterocycles. The van der Waals surface area contributed by atoms with Crippen molar-refractivity contribution in [3.8, 4) is 0 Å². The van der Waals surface area contributed by atoms with Crippen molar-refractivity contribution in [3.63, 3.8) is 0 Å². The molecule has 3 rings (SSSR count). The number of amides is 1. The van der Waals surface area contributed by atoms with Crippen LogP contribution in [0.2, 0.25) is 0 Å². The number of para-hydroxylation sites is 1. The first kappa shape index (κ1) is 12.3. The maximum atomic E-state index is 13.4. The van der Waals surface area contributed by atoms with Gasteiger partial charge in [0.05, 0.1) is 11.3 Å². The van der Waals surface area contributed by atoms with E-state index >= 15 is 0 Å². The molecule has 4 nitrogen and oxygen atoms in total. The van der Waals surface area contributed by atoms with Crippen molar-refractivity contribution in [2.75, 3.05) is 5.32 Å². The zero-order valence-corrected chi connectivity index (χ0v) is 10.2. The molecule has 0 aliphatic heterocycles. The lowest BCUT2D eigenvalue weighted by Crippen LogP contribution is -2.13. The van der Waals surface area contributed by atoms with Gasteiger partial charge in [-0.2, -0.15) is 13.8 Å². The van der Waals surface area contributed by atoms with Gasteiger partial charge >= 0.3 is 0 Å². The highest BCUT2D eigenvalue weighted by atomic mass is 19.1. The second kappa shape index (κ2) is 4.73. The molecule has 1 aromatic carbocycles. The Hall–Kier alpha value is -2.76. The molecule has 2 aromatic heterocycles. The number of H-pyrrole nitrogens is 1. The van der Waals surface area contributed by atoms with Crippen LogP contribution in [0.4, 0.5) is 14.5 Å². The van der Waals surface area contributed by atoms with E-state index in [4.69, 9.17) is 0 Å². The van der Waals surface area contributed by atoms with Gasteiger partial charge < -0.3 is 10.3 Å². The van der Waals surface area contributed by atoms with Gasteiger partial charge in [-0.25, -0.2) is 0 Å². The second-order valence-corrected chi connectivity index (χ2v) is 4.17. The maximum Gasteiger partial charge on any atom is 0.257 e. The molecule has 0 atom stereocenters. The number of hydrogen-bond donors (Lipinski definition) is 2. The number of pyridine rings is 1. The van der Waals surface area contributed by atoms with Gasteiger partial charge in [0.1, 0.15) is 0 Å². The zero-order chi connectivity index (χ0) is 14.1. The van der Waals surface area contributed by atoms with Gasteiger partial charge in [-0.15, -0.1) is 0 Å². The molecule has 2 heterocycles. The average Bonchev–Trinajstić information content (AvgIpc) is 2.86. The van der Waals surface area contributed by atoms with Crippen molar-refractivity contribution >= 4 is 22.5 Å². The third kappa shape index (κ3) is 2.11. The van der Waals surface area contributed by atoms with Crippen LogP contribution in [0.5, 0.6) is 0 Å². The Labute approximate surface area is 112 Å². The first-order valence-electron chi connectivity index (χ1n) is 5.84. The Morgan fingerprint density at radius 3 is 2.75 bits per heavy atom. The first-order valence-corrected chi connectivity index (χ1v) is 5.84. The van der Waals surface area contributed by atoms with Crippen molar-refractivity contribution in [1.29, 1.82) is 0 Å². The molecule has 0 fully saturated rings. The highest BCUT2D eigenvalue weighted by molar-refractivity contribution is 6.12. The smallest absolute Gasteiger partial charge is 0.257 e. The Kier molecular flexibility index (Phi) is 2.90. The van der Waals surface area contributed by atoms with Gasteiger partial charge in [0.25, 0.3) is 5.91 Å². The number of anilines is 1. The quantitative estimate of drug-likeness (QED) is 0.705. The van der Waals surface area contributed by atoms with E-state index in [1.165, 1.54) is 6.20 Å². The molecular formula is C14H9F2N3O. The number of halogens is 2. The number of benzene rings is 1. The number of aromatic amines is 1. The zero-order valence-electron chi connectivity index (χ0n) is 10.2. The van der Waals surface area contributed by atoms with Crippen LogP contribution in [0.3, 0.4) is 0 Å². The van der Waals surface area contributed by atoms with Crippen LogP contribution >= 0.6 is 0 Å². The van der Waals surface area contributed by atoms with Gasteiger partial charge in [0.15, 0.2) is 0 Å². The lowest BCUT2D eigenvalue weighted by atomic mass is 10.1. The summed E-state index contributed by atoms with van der Waals surface area (Å²) in [6, 6.07) is 9.35. The van der Waals surface area contributed by atoms with Crippen molar-refractivity contribution in [2.24, 2.45) is 0 Å². The Balaban J connectivity index is 1.93. The van der Waals surface area contributed by atoms with Crippen LogP contribution in [0.15, 0.2) is 42.6 Å². The summed E-state index contributed by atoms with van der Waals surface area (Å²) in [5, 5.41) is 3.09. The van der Waals surface area contributed by atoms with Crippen LogP contribution in [-0.4, -0.2) is 15.9 Å². The van der Waals surface area contributed by atoms with E-state index in [2.05, 4.69) is 15.3 Å². The molecule has 6 heteroatoms. The van der Waals surface area contributed by atoms with Gasteiger partial charge in [-0.1, -0.05) is 18.2 Å². The molecule has 0 spiro atoms. The fraction of sp³-hybridized carbons (Fsp3) is 0. The predicted molar refractivity (Wildman–Crippen MR) is 70.4 cm³/mol. The van der Waals surface area contributed by atoms with E-state index in [9.17, 15) is 13.6 Å². The second-order valence-electron chi connectivity index (χ2n) is 4.17. The molecule has 2 N–H and O–H groups in total. The molecule has 0 unspecified atom stereocenters. The summed E-state index contributed by atoms with van der Waals surface area (Å²) in [5.41, 5.74) is 1.02. The predicted octanol–water partition coefficient (Wildman–Crippen LogP) is 3.09. The van der Waals surface area contributed by atoms with Crippen molar-refractivity contribution in [2.45, 2.75) is 0 Å². The van der Waals surface area contributed by atoms with Crippen molar-refractivity contribution in [1.82, 2.24) is 9.97 Å². The Morgan fingerprint density at radius 2 is 1.95 bits per heavy atom. The molecule has 3 aromatic rings. The number of carbonyl (C=O) groups excluding carboxylic acids is 1. The number of nitrogens with one attached hydrogen (secondary N) is 2.